The highest BCUT2D eigenvalue weighted by molar-refractivity contribution is 5.85. The molecule has 1 N–H and O–H groups in total. The van der Waals surface area contributed by atoms with Crippen LogP contribution in [0.5, 0.6) is 11.5 Å². The third-order valence-corrected chi connectivity index (χ3v) is 1.97. The highest BCUT2D eigenvalue weighted by Gasteiger charge is 2.06. The molecular formula is C13H16O4. The van der Waals surface area contributed by atoms with E-state index in [1.807, 2.05) is 13.8 Å². The maximum atomic E-state index is 10.4. The summed E-state index contributed by atoms with van der Waals surface area (Å²) in [6.07, 6.45) is 2.64. The van der Waals surface area contributed by atoms with Gasteiger partial charge in [0.15, 0.2) is 11.5 Å². The van der Waals surface area contributed by atoms with Crippen LogP contribution < -0.4 is 9.47 Å². The number of aliphatic carboxylic acids is 1. The fraction of sp³-hybridized carbons (Fsp3) is 0.308. The molecule has 92 valence electrons. The van der Waals surface area contributed by atoms with Crippen molar-refractivity contribution in [2.45, 2.75) is 20.0 Å². The van der Waals surface area contributed by atoms with Gasteiger partial charge in [-0.2, -0.15) is 0 Å². The lowest BCUT2D eigenvalue weighted by Gasteiger charge is -2.13. The minimum absolute atomic E-state index is 0.0595. The third kappa shape index (κ3) is 4.18. The van der Waals surface area contributed by atoms with Gasteiger partial charge in [0, 0.05) is 6.08 Å². The summed E-state index contributed by atoms with van der Waals surface area (Å²) in [5.41, 5.74) is 0.750. The number of carboxylic acid groups (broad SMARTS) is 1. The van der Waals surface area contributed by atoms with Crippen LogP contribution >= 0.6 is 0 Å². The van der Waals surface area contributed by atoms with Crippen molar-refractivity contribution in [3.8, 4) is 11.5 Å². The summed E-state index contributed by atoms with van der Waals surface area (Å²) in [6.45, 7) is 3.86. The molecule has 1 aromatic rings. The average Bonchev–Trinajstić information content (AvgIpc) is 2.26. The second-order valence-electron chi connectivity index (χ2n) is 3.75. The monoisotopic (exact) mass is 236 g/mol. The quantitative estimate of drug-likeness (QED) is 0.798. The Morgan fingerprint density at radius 3 is 2.59 bits per heavy atom. The molecule has 4 nitrogen and oxygen atoms in total. The number of carbonyl (C=O) groups is 1. The number of carboxylic acids is 1. The fourth-order valence-corrected chi connectivity index (χ4v) is 1.31. The molecular weight excluding hydrogens is 220 g/mol. The Bertz CT molecular complexity index is 421. The van der Waals surface area contributed by atoms with Crippen molar-refractivity contribution >= 4 is 12.0 Å². The standard InChI is InChI=1S/C13H16O4/c1-9(2)17-11-6-4-10(5-7-13(14)15)8-12(11)16-3/h4-9H,1-3H3,(H,14,15)/b7-5-. The molecule has 0 radical (unpaired) electrons. The van der Waals surface area contributed by atoms with Crippen LogP contribution in [-0.2, 0) is 4.79 Å². The van der Waals surface area contributed by atoms with E-state index in [0.717, 1.165) is 11.6 Å². The van der Waals surface area contributed by atoms with Crippen molar-refractivity contribution in [3.05, 3.63) is 29.8 Å². The Kier molecular flexibility index (Phi) is 4.57. The lowest BCUT2D eigenvalue weighted by atomic mass is 10.2. The molecule has 0 saturated carbocycles. The van der Waals surface area contributed by atoms with E-state index in [1.165, 1.54) is 6.08 Å². The predicted octanol–water partition coefficient (Wildman–Crippen LogP) is 2.58. The van der Waals surface area contributed by atoms with Gasteiger partial charge in [-0.15, -0.1) is 0 Å². The van der Waals surface area contributed by atoms with Gasteiger partial charge in [0.2, 0.25) is 0 Å². The van der Waals surface area contributed by atoms with Crippen LogP contribution in [0.1, 0.15) is 19.4 Å². The molecule has 0 aliphatic carbocycles. The summed E-state index contributed by atoms with van der Waals surface area (Å²) in [7, 11) is 1.55. The van der Waals surface area contributed by atoms with Crippen molar-refractivity contribution in [1.82, 2.24) is 0 Å². The maximum absolute atomic E-state index is 10.4. The lowest BCUT2D eigenvalue weighted by Crippen LogP contribution is -2.06. The molecule has 1 rings (SSSR count). The summed E-state index contributed by atoms with van der Waals surface area (Å²) in [5, 5.41) is 8.53. The first-order valence-corrected chi connectivity index (χ1v) is 5.28. The van der Waals surface area contributed by atoms with Gasteiger partial charge in [-0.25, -0.2) is 4.79 Å². The summed E-state index contributed by atoms with van der Waals surface area (Å²) in [5.74, 6) is 0.257. The normalized spacial score (nSPS) is 10.8. The smallest absolute Gasteiger partial charge is 0.328 e. The van der Waals surface area contributed by atoms with E-state index in [4.69, 9.17) is 14.6 Å². The highest BCUT2D eigenvalue weighted by atomic mass is 16.5. The van der Waals surface area contributed by atoms with Gasteiger partial charge >= 0.3 is 5.97 Å². The molecule has 0 bridgehead atoms. The molecule has 0 amide bonds. The van der Waals surface area contributed by atoms with E-state index in [1.54, 1.807) is 25.3 Å². The van der Waals surface area contributed by atoms with Gasteiger partial charge in [0.25, 0.3) is 0 Å². The fourth-order valence-electron chi connectivity index (χ4n) is 1.31. The predicted molar refractivity (Wildman–Crippen MR) is 65.4 cm³/mol. The molecule has 0 aliphatic rings. The van der Waals surface area contributed by atoms with Gasteiger partial charge in [-0.05, 0) is 37.6 Å². The van der Waals surface area contributed by atoms with E-state index >= 15 is 0 Å². The van der Waals surface area contributed by atoms with Crippen LogP contribution in [0, 0.1) is 0 Å². The Morgan fingerprint density at radius 1 is 1.35 bits per heavy atom. The lowest BCUT2D eigenvalue weighted by molar-refractivity contribution is -0.131. The highest BCUT2D eigenvalue weighted by Crippen LogP contribution is 2.29. The number of hydrogen-bond donors (Lipinski definition) is 1. The van der Waals surface area contributed by atoms with Crippen LogP contribution in [0.15, 0.2) is 24.3 Å². The molecule has 4 heteroatoms. The zero-order valence-corrected chi connectivity index (χ0v) is 10.1. The number of hydrogen-bond acceptors (Lipinski definition) is 3. The first-order valence-electron chi connectivity index (χ1n) is 5.28. The molecule has 0 unspecified atom stereocenters. The topological polar surface area (TPSA) is 55.8 Å². The van der Waals surface area contributed by atoms with Crippen LogP contribution in [-0.4, -0.2) is 24.3 Å². The molecule has 0 atom stereocenters. The average molecular weight is 236 g/mol. The number of ether oxygens (including phenoxy) is 2. The summed E-state index contributed by atoms with van der Waals surface area (Å²) in [4.78, 5) is 10.4. The van der Waals surface area contributed by atoms with Gasteiger partial charge in [-0.3, -0.25) is 0 Å². The number of rotatable bonds is 5. The third-order valence-electron chi connectivity index (χ3n) is 1.97. The Hall–Kier alpha value is -1.97. The van der Waals surface area contributed by atoms with E-state index in [9.17, 15) is 4.79 Å². The molecule has 0 heterocycles. The second kappa shape index (κ2) is 5.94. The van der Waals surface area contributed by atoms with Gasteiger partial charge in [-0.1, -0.05) is 6.07 Å². The van der Waals surface area contributed by atoms with Crippen molar-refractivity contribution in [2.24, 2.45) is 0 Å². The van der Waals surface area contributed by atoms with Gasteiger partial charge in [0.1, 0.15) is 0 Å². The summed E-state index contributed by atoms with van der Waals surface area (Å²) in [6, 6.07) is 5.27. The molecule has 0 aromatic heterocycles. The molecule has 1 aromatic carbocycles. The summed E-state index contributed by atoms with van der Waals surface area (Å²) >= 11 is 0. The zero-order valence-electron chi connectivity index (χ0n) is 10.1. The minimum Gasteiger partial charge on any atom is -0.493 e. The molecule has 0 spiro atoms. The Morgan fingerprint density at radius 2 is 2.06 bits per heavy atom. The van der Waals surface area contributed by atoms with Gasteiger partial charge in [0.05, 0.1) is 13.2 Å². The second-order valence-corrected chi connectivity index (χ2v) is 3.75. The van der Waals surface area contributed by atoms with Crippen LogP contribution in [0.3, 0.4) is 0 Å². The Labute approximate surface area is 100 Å². The van der Waals surface area contributed by atoms with E-state index in [2.05, 4.69) is 0 Å². The molecule has 17 heavy (non-hydrogen) atoms. The first-order chi connectivity index (χ1) is 8.02. The van der Waals surface area contributed by atoms with Crippen molar-refractivity contribution in [3.63, 3.8) is 0 Å². The number of benzene rings is 1. The number of methoxy groups -OCH3 is 1. The zero-order chi connectivity index (χ0) is 12.8. The summed E-state index contributed by atoms with van der Waals surface area (Å²) < 4.78 is 10.7. The van der Waals surface area contributed by atoms with Crippen LogP contribution in [0.4, 0.5) is 0 Å². The van der Waals surface area contributed by atoms with Gasteiger partial charge < -0.3 is 14.6 Å². The van der Waals surface area contributed by atoms with Crippen molar-refractivity contribution < 1.29 is 19.4 Å². The van der Waals surface area contributed by atoms with Crippen LogP contribution in [0.25, 0.3) is 6.08 Å². The molecule has 0 saturated heterocycles. The van der Waals surface area contributed by atoms with E-state index < -0.39 is 5.97 Å². The maximum Gasteiger partial charge on any atom is 0.328 e. The van der Waals surface area contributed by atoms with Crippen molar-refractivity contribution in [2.75, 3.05) is 7.11 Å². The molecule has 0 fully saturated rings. The minimum atomic E-state index is -0.980. The van der Waals surface area contributed by atoms with Crippen molar-refractivity contribution in [1.29, 1.82) is 0 Å². The van der Waals surface area contributed by atoms with E-state index in [-0.39, 0.29) is 6.10 Å². The SMILES string of the molecule is COc1cc(/C=C\C(=O)O)ccc1OC(C)C. The Balaban J connectivity index is 2.95. The van der Waals surface area contributed by atoms with Crippen LogP contribution in [0.2, 0.25) is 0 Å². The molecule has 0 aliphatic heterocycles. The first kappa shape index (κ1) is 13.1. The van der Waals surface area contributed by atoms with E-state index in [0.29, 0.717) is 11.5 Å². The largest absolute Gasteiger partial charge is 0.493 e.